The van der Waals surface area contributed by atoms with E-state index in [1.807, 2.05) is 23.7 Å². The number of ether oxygens (including phenoxy) is 1. The van der Waals surface area contributed by atoms with Crippen LogP contribution in [0.5, 0.6) is 0 Å². The van der Waals surface area contributed by atoms with E-state index in [4.69, 9.17) is 17.8 Å². The van der Waals surface area contributed by atoms with Crippen LogP contribution in [-0.2, 0) is 4.74 Å². The lowest BCUT2D eigenvalue weighted by molar-refractivity contribution is 0.208. The zero-order valence-corrected chi connectivity index (χ0v) is 9.55. The number of hydrogen-bond acceptors (Lipinski definition) is 4. The molecular weight excluding hydrogens is 215 g/mol. The SMILES string of the molecule is [B]/C(=C/C(=C\C(=C)c1ccccn1)OC)NO. The van der Waals surface area contributed by atoms with Gasteiger partial charge in [0.1, 0.15) is 13.6 Å². The zero-order valence-electron chi connectivity index (χ0n) is 9.55. The molecule has 0 aliphatic carbocycles. The maximum atomic E-state index is 8.57. The molecule has 2 N–H and O–H groups in total. The summed E-state index contributed by atoms with van der Waals surface area (Å²) in [4.78, 5) is 4.15. The Labute approximate surface area is 102 Å². The molecule has 0 aromatic carbocycles. The summed E-state index contributed by atoms with van der Waals surface area (Å²) in [6.07, 6.45) is 4.79. The van der Waals surface area contributed by atoms with E-state index in [2.05, 4.69) is 11.6 Å². The highest BCUT2D eigenvalue weighted by Crippen LogP contribution is 2.13. The molecule has 0 aliphatic rings. The normalized spacial score (nSPS) is 12.1. The quantitative estimate of drug-likeness (QED) is 0.348. The molecule has 0 spiro atoms. The Morgan fingerprint density at radius 3 is 2.82 bits per heavy atom. The first-order valence-electron chi connectivity index (χ1n) is 4.90. The first kappa shape index (κ1) is 13.1. The number of hydroxylamine groups is 1. The smallest absolute Gasteiger partial charge is 0.141 e. The van der Waals surface area contributed by atoms with Gasteiger partial charge in [-0.05, 0) is 35.5 Å². The summed E-state index contributed by atoms with van der Waals surface area (Å²) in [7, 11) is 6.90. The van der Waals surface area contributed by atoms with Gasteiger partial charge in [-0.15, -0.1) is 0 Å². The lowest BCUT2D eigenvalue weighted by Gasteiger charge is -2.05. The van der Waals surface area contributed by atoms with E-state index in [1.54, 1.807) is 12.3 Å². The van der Waals surface area contributed by atoms with Crippen LogP contribution in [0.15, 0.2) is 54.5 Å². The number of aromatic nitrogens is 1. The van der Waals surface area contributed by atoms with Crippen molar-refractivity contribution >= 4 is 13.4 Å². The second-order valence-electron chi connectivity index (χ2n) is 3.20. The van der Waals surface area contributed by atoms with Crippen molar-refractivity contribution in [2.45, 2.75) is 0 Å². The Balaban J connectivity index is 2.90. The summed E-state index contributed by atoms with van der Waals surface area (Å²) in [5, 5.41) is 8.57. The molecule has 2 radical (unpaired) electrons. The van der Waals surface area contributed by atoms with Gasteiger partial charge in [0.05, 0.1) is 12.8 Å². The maximum Gasteiger partial charge on any atom is 0.141 e. The van der Waals surface area contributed by atoms with Gasteiger partial charge in [0.25, 0.3) is 0 Å². The third-order valence-corrected chi connectivity index (χ3v) is 1.97. The van der Waals surface area contributed by atoms with Crippen molar-refractivity contribution in [2.75, 3.05) is 7.11 Å². The van der Waals surface area contributed by atoms with Crippen LogP contribution in [0, 0.1) is 0 Å². The van der Waals surface area contributed by atoms with Crippen LogP contribution in [0.3, 0.4) is 0 Å². The summed E-state index contributed by atoms with van der Waals surface area (Å²) in [6.45, 7) is 3.87. The zero-order chi connectivity index (χ0) is 12.7. The molecule has 17 heavy (non-hydrogen) atoms. The van der Waals surface area contributed by atoms with Crippen molar-refractivity contribution in [3.63, 3.8) is 0 Å². The molecule has 86 valence electrons. The molecule has 0 aliphatic heterocycles. The third kappa shape index (κ3) is 4.16. The van der Waals surface area contributed by atoms with Gasteiger partial charge in [0.2, 0.25) is 0 Å². The van der Waals surface area contributed by atoms with Crippen molar-refractivity contribution < 1.29 is 9.94 Å². The standard InChI is InChI=1S/C12H13BN2O2/c1-9(11-5-3-4-6-14-11)7-10(17-2)8-12(13)15-16/h3-8,15-16H,1H2,2H3/b10-7+,12-8-. The summed E-state index contributed by atoms with van der Waals surface area (Å²) >= 11 is 0. The average molecular weight is 228 g/mol. The first-order chi connectivity index (χ1) is 8.17. The molecule has 0 atom stereocenters. The van der Waals surface area contributed by atoms with E-state index < -0.39 is 0 Å². The van der Waals surface area contributed by atoms with E-state index in [9.17, 15) is 0 Å². The molecule has 5 heteroatoms. The second-order valence-corrected chi connectivity index (χ2v) is 3.20. The first-order valence-corrected chi connectivity index (χ1v) is 4.90. The second kappa shape index (κ2) is 6.55. The van der Waals surface area contributed by atoms with Gasteiger partial charge < -0.3 is 4.74 Å². The van der Waals surface area contributed by atoms with Gasteiger partial charge in [-0.1, -0.05) is 12.6 Å². The maximum absolute atomic E-state index is 8.57. The summed E-state index contributed by atoms with van der Waals surface area (Å²) in [5.41, 5.74) is 3.32. The molecule has 1 aromatic rings. The fourth-order valence-electron chi connectivity index (χ4n) is 1.14. The van der Waals surface area contributed by atoms with E-state index >= 15 is 0 Å². The Morgan fingerprint density at radius 1 is 1.53 bits per heavy atom. The minimum Gasteiger partial charge on any atom is -0.497 e. The number of hydrogen-bond donors (Lipinski definition) is 2. The molecule has 1 heterocycles. The molecular formula is C12H13BN2O2. The fraction of sp³-hybridized carbons (Fsp3) is 0.0833. The van der Waals surface area contributed by atoms with Gasteiger partial charge in [0.15, 0.2) is 0 Å². The van der Waals surface area contributed by atoms with Crippen LogP contribution in [0.4, 0.5) is 0 Å². The van der Waals surface area contributed by atoms with Crippen LogP contribution in [0.2, 0.25) is 0 Å². The Bertz CT molecular complexity index is 441. The number of rotatable bonds is 5. The van der Waals surface area contributed by atoms with E-state index in [0.29, 0.717) is 11.3 Å². The van der Waals surface area contributed by atoms with Crippen molar-refractivity contribution in [1.29, 1.82) is 0 Å². The van der Waals surface area contributed by atoms with Gasteiger partial charge in [0, 0.05) is 6.20 Å². The molecule has 0 fully saturated rings. The van der Waals surface area contributed by atoms with Crippen LogP contribution < -0.4 is 5.48 Å². The predicted molar refractivity (Wildman–Crippen MR) is 67.1 cm³/mol. The van der Waals surface area contributed by atoms with Crippen molar-refractivity contribution in [2.24, 2.45) is 0 Å². The molecule has 0 amide bonds. The van der Waals surface area contributed by atoms with Gasteiger partial charge in [-0.3, -0.25) is 15.7 Å². The Hall–Kier alpha value is -2.01. The van der Waals surface area contributed by atoms with Gasteiger partial charge in [-0.25, -0.2) is 0 Å². The van der Waals surface area contributed by atoms with Crippen LogP contribution in [0.25, 0.3) is 5.57 Å². The highest BCUT2D eigenvalue weighted by Gasteiger charge is 1.99. The summed E-state index contributed by atoms with van der Waals surface area (Å²) < 4.78 is 5.08. The Kier molecular flexibility index (Phi) is 5.03. The number of nitrogens with one attached hydrogen (secondary N) is 1. The minimum atomic E-state index is 0.0759. The Morgan fingerprint density at radius 2 is 2.29 bits per heavy atom. The lowest BCUT2D eigenvalue weighted by Crippen LogP contribution is -2.06. The topological polar surface area (TPSA) is 54.4 Å². The largest absolute Gasteiger partial charge is 0.497 e. The number of nitrogens with zero attached hydrogens (tertiary/aromatic N) is 1. The predicted octanol–water partition coefficient (Wildman–Crippen LogP) is 1.61. The molecule has 0 saturated carbocycles. The highest BCUT2D eigenvalue weighted by molar-refractivity contribution is 6.21. The lowest BCUT2D eigenvalue weighted by atomic mass is 10.0. The van der Waals surface area contributed by atoms with Crippen LogP contribution >= 0.6 is 0 Å². The summed E-state index contributed by atoms with van der Waals surface area (Å²) in [6, 6.07) is 5.53. The number of methoxy groups -OCH3 is 1. The van der Waals surface area contributed by atoms with E-state index in [-0.39, 0.29) is 5.60 Å². The molecule has 4 nitrogen and oxygen atoms in total. The van der Waals surface area contributed by atoms with Crippen molar-refractivity contribution in [1.82, 2.24) is 10.5 Å². The van der Waals surface area contributed by atoms with Crippen molar-refractivity contribution in [3.8, 4) is 0 Å². The highest BCUT2D eigenvalue weighted by atomic mass is 16.5. The third-order valence-electron chi connectivity index (χ3n) is 1.97. The number of pyridine rings is 1. The average Bonchev–Trinajstić information content (AvgIpc) is 2.38. The molecule has 0 saturated heterocycles. The van der Waals surface area contributed by atoms with Crippen molar-refractivity contribution in [3.05, 3.63) is 60.2 Å². The van der Waals surface area contributed by atoms with Crippen LogP contribution in [0.1, 0.15) is 5.69 Å². The molecule has 0 bridgehead atoms. The molecule has 1 aromatic heterocycles. The van der Waals surface area contributed by atoms with E-state index in [1.165, 1.54) is 13.2 Å². The molecule has 1 rings (SSSR count). The summed E-state index contributed by atoms with van der Waals surface area (Å²) in [5.74, 6) is 0.458. The number of allylic oxidation sites excluding steroid dienone is 3. The monoisotopic (exact) mass is 228 g/mol. The van der Waals surface area contributed by atoms with Gasteiger partial charge in [-0.2, -0.15) is 0 Å². The molecule has 0 unspecified atom stereocenters. The van der Waals surface area contributed by atoms with E-state index in [0.717, 1.165) is 5.69 Å². The van der Waals surface area contributed by atoms with Gasteiger partial charge >= 0.3 is 0 Å². The van der Waals surface area contributed by atoms with Crippen LogP contribution in [-0.4, -0.2) is 25.1 Å². The fourth-order valence-corrected chi connectivity index (χ4v) is 1.14. The minimum absolute atomic E-state index is 0.0759.